The van der Waals surface area contributed by atoms with Crippen LogP contribution in [0.5, 0.6) is 0 Å². The van der Waals surface area contributed by atoms with Gasteiger partial charge in [-0.25, -0.2) is 0 Å². The van der Waals surface area contributed by atoms with Crippen LogP contribution in [-0.4, -0.2) is 12.2 Å². The molecule has 1 heteroatoms. The Balaban J connectivity index is 3.15. The standard InChI is InChI=1S/C17H34O/c1-11-13(15(3,4)5)18-14(16(6,7)8)12(2)17(11,9)10/h11-14H,1-10H3/t11-,12?,13?,14+/m0/s1. The molecule has 0 bridgehead atoms. The molecular weight excluding hydrogens is 220 g/mol. The molecule has 0 radical (unpaired) electrons. The van der Waals surface area contributed by atoms with Crippen molar-refractivity contribution in [2.24, 2.45) is 28.1 Å². The average molecular weight is 254 g/mol. The molecule has 0 aromatic rings. The monoisotopic (exact) mass is 254 g/mol. The Labute approximate surface area is 115 Å². The van der Waals surface area contributed by atoms with E-state index in [-0.39, 0.29) is 10.8 Å². The minimum atomic E-state index is 0.209. The zero-order valence-electron chi connectivity index (χ0n) is 14.2. The lowest BCUT2D eigenvalue weighted by Crippen LogP contribution is -2.57. The van der Waals surface area contributed by atoms with Gasteiger partial charge in [0.15, 0.2) is 0 Å². The minimum absolute atomic E-state index is 0.209. The molecule has 0 amide bonds. The predicted molar refractivity (Wildman–Crippen MR) is 79.7 cm³/mol. The molecule has 18 heavy (non-hydrogen) atoms. The highest BCUT2D eigenvalue weighted by Gasteiger charge is 2.52. The molecule has 0 aromatic carbocycles. The fourth-order valence-electron chi connectivity index (χ4n) is 3.50. The van der Waals surface area contributed by atoms with Crippen molar-refractivity contribution in [2.75, 3.05) is 0 Å². The van der Waals surface area contributed by atoms with Crippen LogP contribution in [0.1, 0.15) is 69.2 Å². The predicted octanol–water partition coefficient (Wildman–Crippen LogP) is 5.14. The van der Waals surface area contributed by atoms with Crippen molar-refractivity contribution in [2.45, 2.75) is 81.4 Å². The molecule has 1 nitrogen and oxygen atoms in total. The Hall–Kier alpha value is -0.0400. The van der Waals surface area contributed by atoms with Gasteiger partial charge in [-0.3, -0.25) is 0 Å². The molecule has 1 aliphatic rings. The number of hydrogen-bond acceptors (Lipinski definition) is 1. The van der Waals surface area contributed by atoms with Crippen LogP contribution in [0.15, 0.2) is 0 Å². The third-order valence-electron chi connectivity index (χ3n) is 5.26. The molecule has 0 aliphatic carbocycles. The molecule has 108 valence electrons. The zero-order chi connectivity index (χ0) is 14.5. The Bertz CT molecular complexity index is 262. The van der Waals surface area contributed by atoms with Gasteiger partial charge < -0.3 is 4.74 Å². The summed E-state index contributed by atoms with van der Waals surface area (Å²) in [6, 6.07) is 0. The van der Waals surface area contributed by atoms with Crippen molar-refractivity contribution in [3.63, 3.8) is 0 Å². The lowest BCUT2D eigenvalue weighted by molar-refractivity contribution is -0.226. The summed E-state index contributed by atoms with van der Waals surface area (Å²) in [5, 5.41) is 0. The summed E-state index contributed by atoms with van der Waals surface area (Å²) in [7, 11) is 0. The number of ether oxygens (including phenoxy) is 1. The summed E-state index contributed by atoms with van der Waals surface area (Å²) in [5.41, 5.74) is 0.745. The molecule has 1 heterocycles. The molecule has 1 rings (SSSR count). The van der Waals surface area contributed by atoms with Gasteiger partial charge in [0.2, 0.25) is 0 Å². The molecule has 2 unspecified atom stereocenters. The van der Waals surface area contributed by atoms with Crippen molar-refractivity contribution >= 4 is 0 Å². The molecule has 1 aliphatic heterocycles. The van der Waals surface area contributed by atoms with E-state index in [0.717, 1.165) is 0 Å². The zero-order valence-corrected chi connectivity index (χ0v) is 14.2. The summed E-state index contributed by atoms with van der Waals surface area (Å²) in [6.45, 7) is 23.4. The average Bonchev–Trinajstić information content (AvgIpc) is 2.11. The van der Waals surface area contributed by atoms with E-state index in [1.807, 2.05) is 0 Å². The van der Waals surface area contributed by atoms with E-state index < -0.39 is 0 Å². The van der Waals surface area contributed by atoms with Gasteiger partial charge in [-0.15, -0.1) is 0 Å². The molecule has 0 saturated carbocycles. The highest BCUT2D eigenvalue weighted by molar-refractivity contribution is 5.00. The first-order valence-electron chi connectivity index (χ1n) is 7.45. The van der Waals surface area contributed by atoms with Gasteiger partial charge in [0.1, 0.15) is 0 Å². The maximum atomic E-state index is 6.58. The Morgan fingerprint density at radius 3 is 1.22 bits per heavy atom. The van der Waals surface area contributed by atoms with Crippen molar-refractivity contribution in [1.29, 1.82) is 0 Å². The Kier molecular flexibility index (Phi) is 4.01. The summed E-state index contributed by atoms with van der Waals surface area (Å²) in [6.07, 6.45) is 0.681. The maximum Gasteiger partial charge on any atom is 0.0658 e. The first-order valence-corrected chi connectivity index (χ1v) is 7.45. The third kappa shape index (κ3) is 2.76. The SMILES string of the molecule is CC1[C@H](C(C)(C)C)OC(C(C)(C)C)[C@H](C)C1(C)C. The second-order valence-electron chi connectivity index (χ2n) is 9.11. The summed E-state index contributed by atoms with van der Waals surface area (Å²) in [5.74, 6) is 1.18. The quantitative estimate of drug-likeness (QED) is 0.581. The number of hydrogen-bond donors (Lipinski definition) is 0. The lowest BCUT2D eigenvalue weighted by atomic mass is 9.58. The Morgan fingerprint density at radius 1 is 0.722 bits per heavy atom. The van der Waals surface area contributed by atoms with Crippen LogP contribution in [0.25, 0.3) is 0 Å². The highest BCUT2D eigenvalue weighted by atomic mass is 16.5. The van der Waals surface area contributed by atoms with E-state index in [1.165, 1.54) is 0 Å². The van der Waals surface area contributed by atoms with Gasteiger partial charge in [-0.05, 0) is 28.1 Å². The summed E-state index contributed by atoms with van der Waals surface area (Å²) < 4.78 is 6.58. The van der Waals surface area contributed by atoms with Crippen molar-refractivity contribution < 1.29 is 4.74 Å². The first-order chi connectivity index (χ1) is 7.79. The fraction of sp³-hybridized carbons (Fsp3) is 1.00. The molecule has 0 N–H and O–H groups in total. The molecule has 0 spiro atoms. The molecular formula is C17H34O. The van der Waals surface area contributed by atoms with Gasteiger partial charge in [0, 0.05) is 0 Å². The van der Waals surface area contributed by atoms with E-state index >= 15 is 0 Å². The van der Waals surface area contributed by atoms with Crippen LogP contribution in [0, 0.1) is 28.1 Å². The van der Waals surface area contributed by atoms with Crippen LogP contribution in [0.4, 0.5) is 0 Å². The van der Waals surface area contributed by atoms with Gasteiger partial charge in [0.05, 0.1) is 12.2 Å². The molecule has 4 atom stereocenters. The number of rotatable bonds is 0. The first kappa shape index (κ1) is 16.0. The summed E-state index contributed by atoms with van der Waals surface area (Å²) >= 11 is 0. The lowest BCUT2D eigenvalue weighted by Gasteiger charge is -2.57. The van der Waals surface area contributed by atoms with E-state index in [4.69, 9.17) is 4.74 Å². The topological polar surface area (TPSA) is 9.23 Å². The van der Waals surface area contributed by atoms with Crippen molar-refractivity contribution in [3.05, 3.63) is 0 Å². The Morgan fingerprint density at radius 2 is 1.00 bits per heavy atom. The van der Waals surface area contributed by atoms with Gasteiger partial charge in [0.25, 0.3) is 0 Å². The van der Waals surface area contributed by atoms with Gasteiger partial charge in [-0.2, -0.15) is 0 Å². The van der Waals surface area contributed by atoms with E-state index in [2.05, 4.69) is 69.2 Å². The van der Waals surface area contributed by atoms with Gasteiger partial charge in [-0.1, -0.05) is 69.2 Å². The van der Waals surface area contributed by atoms with Crippen LogP contribution in [0.3, 0.4) is 0 Å². The molecule has 1 saturated heterocycles. The molecule has 0 aromatic heterocycles. The van der Waals surface area contributed by atoms with Crippen LogP contribution >= 0.6 is 0 Å². The minimum Gasteiger partial charge on any atom is -0.373 e. The second kappa shape index (κ2) is 4.51. The van der Waals surface area contributed by atoms with Crippen LogP contribution in [-0.2, 0) is 4.74 Å². The largest absolute Gasteiger partial charge is 0.373 e. The van der Waals surface area contributed by atoms with Crippen molar-refractivity contribution in [1.82, 2.24) is 0 Å². The second-order valence-corrected chi connectivity index (χ2v) is 9.11. The van der Waals surface area contributed by atoms with Crippen LogP contribution in [0.2, 0.25) is 0 Å². The van der Waals surface area contributed by atoms with E-state index in [0.29, 0.717) is 29.5 Å². The van der Waals surface area contributed by atoms with Gasteiger partial charge >= 0.3 is 0 Å². The van der Waals surface area contributed by atoms with Crippen molar-refractivity contribution in [3.8, 4) is 0 Å². The normalized spacial score (nSPS) is 37.7. The molecule has 1 fully saturated rings. The van der Waals surface area contributed by atoms with Crippen LogP contribution < -0.4 is 0 Å². The summed E-state index contributed by atoms with van der Waals surface area (Å²) in [4.78, 5) is 0. The fourth-order valence-corrected chi connectivity index (χ4v) is 3.50. The maximum absolute atomic E-state index is 6.58. The highest BCUT2D eigenvalue weighted by Crippen LogP contribution is 2.52. The third-order valence-corrected chi connectivity index (χ3v) is 5.26. The smallest absolute Gasteiger partial charge is 0.0658 e. The van der Waals surface area contributed by atoms with E-state index in [1.54, 1.807) is 0 Å². The van der Waals surface area contributed by atoms with E-state index in [9.17, 15) is 0 Å².